The summed E-state index contributed by atoms with van der Waals surface area (Å²) < 4.78 is 5.19. The number of unbranched alkanes of at least 4 members (excludes halogenated alkanes) is 11. The Balaban J connectivity index is 1.58. The van der Waals surface area contributed by atoms with Gasteiger partial charge in [-0.15, -0.1) is 0 Å². The number of aliphatic carboxylic acids is 1. The molecule has 0 spiro atoms. The molecule has 0 radical (unpaired) electrons. The van der Waals surface area contributed by atoms with E-state index in [1.807, 2.05) is 38.1 Å². The molecule has 356 valence electrons. The number of methoxy groups -OCH3 is 1. The predicted molar refractivity (Wildman–Crippen MR) is 245 cm³/mol. The molecule has 0 fully saturated rings. The first-order chi connectivity index (χ1) is 30.6. The van der Waals surface area contributed by atoms with Gasteiger partial charge in [0.05, 0.1) is 19.6 Å². The van der Waals surface area contributed by atoms with Crippen molar-refractivity contribution in [3.05, 3.63) is 65.7 Å². The number of aliphatic hydroxyl groups excluding tert-OH is 1. The molecule has 6 amide bonds. The van der Waals surface area contributed by atoms with Crippen molar-refractivity contribution in [3.8, 4) is 5.75 Å². The summed E-state index contributed by atoms with van der Waals surface area (Å²) in [7, 11) is 1.60. The van der Waals surface area contributed by atoms with E-state index in [2.05, 4.69) is 26.6 Å². The van der Waals surface area contributed by atoms with Crippen LogP contribution in [0.2, 0.25) is 0 Å². The molecule has 64 heavy (non-hydrogen) atoms. The molecule has 0 aliphatic carbocycles. The molecule has 2 aromatic rings. The van der Waals surface area contributed by atoms with Crippen molar-refractivity contribution in [2.24, 2.45) is 11.7 Å². The highest BCUT2D eigenvalue weighted by Gasteiger charge is 2.31. The number of nitrogens with one attached hydrogen (secondary N) is 5. The summed E-state index contributed by atoms with van der Waals surface area (Å²) in [5.74, 6) is -3.61. The lowest BCUT2D eigenvalue weighted by Gasteiger charge is -2.25. The number of rotatable bonds is 34. The van der Waals surface area contributed by atoms with Crippen molar-refractivity contribution in [2.45, 2.75) is 167 Å². The van der Waals surface area contributed by atoms with Gasteiger partial charge in [-0.25, -0.2) is 4.79 Å². The van der Waals surface area contributed by atoms with Crippen LogP contribution in [0.15, 0.2) is 54.6 Å². The predicted octanol–water partition coefficient (Wildman–Crippen LogP) is 4.38. The van der Waals surface area contributed by atoms with Gasteiger partial charge < -0.3 is 47.3 Å². The summed E-state index contributed by atoms with van der Waals surface area (Å²) >= 11 is 0. The second-order valence-electron chi connectivity index (χ2n) is 17.0. The zero-order valence-corrected chi connectivity index (χ0v) is 38.3. The van der Waals surface area contributed by atoms with Gasteiger partial charge >= 0.3 is 5.97 Å². The molecule has 0 aliphatic heterocycles. The Morgan fingerprint density at radius 1 is 0.609 bits per heavy atom. The van der Waals surface area contributed by atoms with Crippen LogP contribution in [-0.2, 0) is 46.4 Å². The number of ether oxygens (including phenoxy) is 1. The highest BCUT2D eigenvalue weighted by atomic mass is 16.5. The molecule has 0 aliphatic rings. The summed E-state index contributed by atoms with van der Waals surface area (Å²) in [5.41, 5.74) is 7.05. The maximum absolute atomic E-state index is 13.2. The third-order valence-corrected chi connectivity index (χ3v) is 10.8. The van der Waals surface area contributed by atoms with Gasteiger partial charge in [-0.05, 0) is 61.8 Å². The summed E-state index contributed by atoms with van der Waals surface area (Å²) in [5, 5.41) is 33.3. The van der Waals surface area contributed by atoms with Crippen LogP contribution in [0.1, 0.15) is 135 Å². The number of carboxylic acid groups (broad SMARTS) is 1. The first kappa shape index (κ1) is 54.6. The van der Waals surface area contributed by atoms with Crippen LogP contribution >= 0.6 is 0 Å². The van der Waals surface area contributed by atoms with E-state index in [1.165, 1.54) is 6.92 Å². The molecule has 0 heterocycles. The first-order valence-corrected chi connectivity index (χ1v) is 22.9. The normalized spacial score (nSPS) is 13.4. The summed E-state index contributed by atoms with van der Waals surface area (Å²) in [6, 6.07) is 11.9. The number of amides is 6. The summed E-state index contributed by atoms with van der Waals surface area (Å²) in [6.07, 6.45) is 11.2. The minimum atomic E-state index is -1.27. The Labute approximate surface area is 379 Å². The third kappa shape index (κ3) is 23.8. The zero-order valence-electron chi connectivity index (χ0n) is 38.3. The van der Waals surface area contributed by atoms with Gasteiger partial charge in [0.2, 0.25) is 35.4 Å². The Kier molecular flexibility index (Phi) is 26.8. The number of nitrogens with two attached hydrogens (primary N) is 1. The fourth-order valence-corrected chi connectivity index (χ4v) is 7.20. The van der Waals surface area contributed by atoms with Crippen LogP contribution in [0.5, 0.6) is 5.75 Å². The smallest absolute Gasteiger partial charge is 0.326 e. The van der Waals surface area contributed by atoms with Crippen molar-refractivity contribution in [3.63, 3.8) is 0 Å². The van der Waals surface area contributed by atoms with Crippen LogP contribution in [0.4, 0.5) is 0 Å². The van der Waals surface area contributed by atoms with E-state index in [0.29, 0.717) is 37.8 Å². The van der Waals surface area contributed by atoms with Crippen molar-refractivity contribution in [1.82, 2.24) is 26.6 Å². The molecule has 0 bridgehead atoms. The Morgan fingerprint density at radius 3 is 1.61 bits per heavy atom. The molecule has 16 nitrogen and oxygen atoms in total. The minimum absolute atomic E-state index is 0.0405. The quantitative estimate of drug-likeness (QED) is 0.0460. The Morgan fingerprint density at radius 2 is 1.12 bits per heavy atom. The number of hydrogen-bond donors (Lipinski definition) is 8. The minimum Gasteiger partial charge on any atom is -0.497 e. The van der Waals surface area contributed by atoms with Gasteiger partial charge in [-0.1, -0.05) is 121 Å². The van der Waals surface area contributed by atoms with E-state index in [-0.39, 0.29) is 37.0 Å². The van der Waals surface area contributed by atoms with E-state index in [4.69, 9.17) is 10.5 Å². The SMILES string of the molecule is COc1ccc(CCNC(=O)[C@H](CC(C)C)NC(=O)[C@@H](NC(=O)CCCCCCCCCCCCCCC(=O)N[C@@H](CC(N)=O)C(=O)N[C@@H](Cc2ccccc2)C(=O)O)[C@H](C)O)cc1. The Hall–Kier alpha value is -5.51. The average Bonchev–Trinajstić information content (AvgIpc) is 3.24. The number of primary amides is 1. The van der Waals surface area contributed by atoms with Gasteiger partial charge in [0.25, 0.3) is 0 Å². The van der Waals surface area contributed by atoms with E-state index in [1.54, 1.807) is 37.4 Å². The van der Waals surface area contributed by atoms with Crippen LogP contribution in [0.3, 0.4) is 0 Å². The van der Waals surface area contributed by atoms with Crippen LogP contribution < -0.4 is 37.1 Å². The number of carboxylic acids is 1. The highest BCUT2D eigenvalue weighted by molar-refractivity contribution is 5.94. The lowest BCUT2D eigenvalue weighted by atomic mass is 10.0. The zero-order chi connectivity index (χ0) is 47.3. The molecule has 2 rings (SSSR count). The topological polar surface area (TPSA) is 255 Å². The standard InChI is InChI=1S/C48H74N6O10/c1-33(2)30-38(45(59)50-29-28-35-24-26-37(64-4)27-25-35)52-47(61)44(34(3)55)54-43(58)23-19-14-12-10-8-6-5-7-9-11-13-18-22-42(57)51-39(32-41(49)56)46(60)53-40(48(62)63)31-36-20-16-15-17-21-36/h15-17,20-21,24-27,33-34,38-40,44,55H,5-14,18-19,22-23,28-32H2,1-4H3,(H2,49,56)(H,50,59)(H,51,57)(H,52,61)(H,53,60)(H,54,58)(H,62,63)/t34-,38-,39-,40-,44-/m0/s1. The number of hydrogen-bond acceptors (Lipinski definition) is 9. The fraction of sp³-hybridized carbons (Fsp3) is 0.604. The summed E-state index contributed by atoms with van der Waals surface area (Å²) in [4.78, 5) is 87.9. The molecule has 5 atom stereocenters. The lowest BCUT2D eigenvalue weighted by molar-refractivity contribution is -0.142. The van der Waals surface area contributed by atoms with Crippen LogP contribution in [-0.4, -0.2) is 95.6 Å². The molecule has 16 heteroatoms. The van der Waals surface area contributed by atoms with E-state index >= 15 is 0 Å². The van der Waals surface area contributed by atoms with Crippen molar-refractivity contribution in [1.29, 1.82) is 0 Å². The van der Waals surface area contributed by atoms with Crippen molar-refractivity contribution >= 4 is 41.4 Å². The molecule has 9 N–H and O–H groups in total. The number of carbonyl (C=O) groups excluding carboxylic acids is 6. The summed E-state index contributed by atoms with van der Waals surface area (Å²) in [6.45, 7) is 5.72. The maximum Gasteiger partial charge on any atom is 0.326 e. The van der Waals surface area contributed by atoms with Crippen LogP contribution in [0.25, 0.3) is 0 Å². The molecular formula is C48H74N6O10. The lowest BCUT2D eigenvalue weighted by Crippen LogP contribution is -2.57. The van der Waals surface area contributed by atoms with Crippen molar-refractivity contribution in [2.75, 3.05) is 13.7 Å². The molecular weight excluding hydrogens is 821 g/mol. The molecule has 0 unspecified atom stereocenters. The number of benzene rings is 2. The second kappa shape index (κ2) is 31.4. The first-order valence-electron chi connectivity index (χ1n) is 22.9. The second-order valence-corrected chi connectivity index (χ2v) is 17.0. The van der Waals surface area contributed by atoms with E-state index in [9.17, 15) is 43.8 Å². The van der Waals surface area contributed by atoms with E-state index in [0.717, 1.165) is 75.5 Å². The molecule has 0 aromatic heterocycles. The maximum atomic E-state index is 13.2. The van der Waals surface area contributed by atoms with E-state index < -0.39 is 66.3 Å². The van der Waals surface area contributed by atoms with Gasteiger partial charge in [0.1, 0.15) is 29.9 Å². The monoisotopic (exact) mass is 895 g/mol. The van der Waals surface area contributed by atoms with Crippen LogP contribution in [0, 0.1) is 5.92 Å². The van der Waals surface area contributed by atoms with Gasteiger partial charge in [0.15, 0.2) is 0 Å². The fourth-order valence-electron chi connectivity index (χ4n) is 7.20. The average molecular weight is 895 g/mol. The number of carbonyl (C=O) groups is 7. The van der Waals surface area contributed by atoms with Crippen molar-refractivity contribution < 1.29 is 48.5 Å². The molecule has 2 aromatic carbocycles. The molecule has 0 saturated heterocycles. The Bertz CT molecular complexity index is 1720. The number of aliphatic hydroxyl groups is 1. The van der Waals surface area contributed by atoms with Gasteiger partial charge in [0, 0.05) is 25.8 Å². The third-order valence-electron chi connectivity index (χ3n) is 10.8. The highest BCUT2D eigenvalue weighted by Crippen LogP contribution is 2.15. The largest absolute Gasteiger partial charge is 0.497 e. The van der Waals surface area contributed by atoms with Gasteiger partial charge in [-0.3, -0.25) is 28.8 Å². The molecule has 0 saturated carbocycles. The van der Waals surface area contributed by atoms with Gasteiger partial charge in [-0.2, -0.15) is 0 Å².